The number of benzene rings is 1. The number of Topliss-reactive ketones (excluding diaryl/α,β-unsaturated/α-hetero) is 1. The smallest absolute Gasteiger partial charge is 0.284 e. The third-order valence-corrected chi connectivity index (χ3v) is 2.35. The number of nitro benzene ring substituents is 1. The normalized spacial score (nSPS) is 11.4. The summed E-state index contributed by atoms with van der Waals surface area (Å²) in [6.07, 6.45) is -5.12. The summed E-state index contributed by atoms with van der Waals surface area (Å²) in [4.78, 5) is 20.4. The Morgan fingerprint density at radius 3 is 2.18 bits per heavy atom. The number of carbonyl (C=O) groups is 1. The first-order chi connectivity index (χ1) is 7.64. The van der Waals surface area contributed by atoms with Crippen molar-refractivity contribution in [3.05, 3.63) is 37.9 Å². The highest BCUT2D eigenvalue weighted by molar-refractivity contribution is 6.37. The number of hydrogen-bond acceptors (Lipinski definition) is 3. The van der Waals surface area contributed by atoms with Gasteiger partial charge in [0.25, 0.3) is 11.5 Å². The summed E-state index contributed by atoms with van der Waals surface area (Å²) < 4.78 is 36.4. The molecule has 0 aliphatic heterocycles. The van der Waals surface area contributed by atoms with Crippen molar-refractivity contribution in [2.75, 3.05) is 0 Å². The zero-order valence-electron chi connectivity index (χ0n) is 7.72. The van der Waals surface area contributed by atoms with E-state index in [1.165, 1.54) is 0 Å². The average Bonchev–Trinajstić information content (AvgIpc) is 2.18. The van der Waals surface area contributed by atoms with Crippen LogP contribution in [0, 0.1) is 10.1 Å². The van der Waals surface area contributed by atoms with E-state index in [9.17, 15) is 28.1 Å². The summed E-state index contributed by atoms with van der Waals surface area (Å²) in [5.74, 6) is -2.21. The zero-order valence-corrected chi connectivity index (χ0v) is 9.23. The van der Waals surface area contributed by atoms with Crippen molar-refractivity contribution in [2.24, 2.45) is 0 Å². The van der Waals surface area contributed by atoms with Crippen LogP contribution in [0.4, 0.5) is 18.9 Å². The van der Waals surface area contributed by atoms with E-state index in [-0.39, 0.29) is 0 Å². The van der Waals surface area contributed by atoms with Gasteiger partial charge in [0.1, 0.15) is 5.02 Å². The third-order valence-electron chi connectivity index (χ3n) is 1.74. The van der Waals surface area contributed by atoms with Gasteiger partial charge < -0.3 is 0 Å². The molecular formula is C8H2Cl2F3NO3. The Hall–Kier alpha value is -1.34. The second-order valence-corrected chi connectivity index (χ2v) is 3.68. The van der Waals surface area contributed by atoms with Crippen molar-refractivity contribution in [1.29, 1.82) is 0 Å². The van der Waals surface area contributed by atoms with Crippen molar-refractivity contribution in [3.8, 4) is 0 Å². The lowest BCUT2D eigenvalue weighted by Gasteiger charge is -2.07. The molecule has 0 saturated carbocycles. The first-order valence-corrected chi connectivity index (χ1v) is 4.65. The van der Waals surface area contributed by atoms with E-state index in [0.717, 1.165) is 0 Å². The molecule has 0 aromatic heterocycles. The summed E-state index contributed by atoms with van der Waals surface area (Å²) in [7, 11) is 0. The van der Waals surface area contributed by atoms with Gasteiger partial charge in [-0.25, -0.2) is 0 Å². The lowest BCUT2D eigenvalue weighted by Crippen LogP contribution is -2.23. The van der Waals surface area contributed by atoms with Gasteiger partial charge in [-0.1, -0.05) is 23.2 Å². The van der Waals surface area contributed by atoms with E-state index in [4.69, 9.17) is 23.2 Å². The van der Waals surface area contributed by atoms with E-state index in [0.29, 0.717) is 12.1 Å². The summed E-state index contributed by atoms with van der Waals surface area (Å²) in [6, 6.07) is 1.13. The Bertz CT molecular complexity index is 502. The van der Waals surface area contributed by atoms with Crippen LogP contribution in [0.1, 0.15) is 10.4 Å². The highest BCUT2D eigenvalue weighted by atomic mass is 35.5. The van der Waals surface area contributed by atoms with Gasteiger partial charge in [0.2, 0.25) is 0 Å². The van der Waals surface area contributed by atoms with E-state index < -0.39 is 38.2 Å². The van der Waals surface area contributed by atoms with Crippen LogP contribution in [-0.4, -0.2) is 16.9 Å². The standard InChI is InChI=1S/C8H2Cl2F3NO3/c9-4-2-6(14(16)17)5(10)1-3(4)7(15)8(11,12)13/h1-2H. The molecule has 9 heteroatoms. The minimum Gasteiger partial charge on any atom is -0.284 e. The molecule has 0 spiro atoms. The van der Waals surface area contributed by atoms with Gasteiger partial charge in [-0.15, -0.1) is 0 Å². The Kier molecular flexibility index (Phi) is 3.63. The Morgan fingerprint density at radius 1 is 1.24 bits per heavy atom. The topological polar surface area (TPSA) is 60.2 Å². The predicted molar refractivity (Wildman–Crippen MR) is 53.5 cm³/mol. The predicted octanol–water partition coefficient (Wildman–Crippen LogP) is 3.65. The van der Waals surface area contributed by atoms with Crippen LogP contribution in [0.25, 0.3) is 0 Å². The van der Waals surface area contributed by atoms with Crippen LogP contribution >= 0.6 is 23.2 Å². The van der Waals surface area contributed by atoms with Gasteiger partial charge in [-0.2, -0.15) is 13.2 Å². The molecule has 0 unspecified atom stereocenters. The Morgan fingerprint density at radius 2 is 1.76 bits per heavy atom. The maximum atomic E-state index is 12.1. The van der Waals surface area contributed by atoms with Gasteiger partial charge in [-0.3, -0.25) is 14.9 Å². The molecule has 17 heavy (non-hydrogen) atoms. The first kappa shape index (κ1) is 13.7. The lowest BCUT2D eigenvalue weighted by atomic mass is 10.1. The molecule has 0 saturated heterocycles. The van der Waals surface area contributed by atoms with E-state index in [1.54, 1.807) is 0 Å². The highest BCUT2D eigenvalue weighted by Gasteiger charge is 2.41. The third kappa shape index (κ3) is 2.86. The molecule has 1 rings (SSSR count). The summed E-state index contributed by atoms with van der Waals surface area (Å²) in [6.45, 7) is 0. The number of rotatable bonds is 2. The number of alkyl halides is 3. The molecule has 0 amide bonds. The van der Waals surface area contributed by atoms with Gasteiger partial charge >= 0.3 is 6.18 Å². The molecule has 92 valence electrons. The Balaban J connectivity index is 3.35. The van der Waals surface area contributed by atoms with Crippen LogP contribution in [-0.2, 0) is 0 Å². The number of nitrogens with zero attached hydrogens (tertiary/aromatic N) is 1. The minimum atomic E-state index is -5.12. The maximum absolute atomic E-state index is 12.1. The SMILES string of the molecule is O=C(c1cc(Cl)c([N+](=O)[O-])cc1Cl)C(F)(F)F. The molecule has 0 N–H and O–H groups in total. The van der Waals surface area contributed by atoms with Gasteiger partial charge in [0.05, 0.1) is 9.95 Å². The number of carbonyl (C=O) groups excluding carboxylic acids is 1. The fourth-order valence-corrected chi connectivity index (χ4v) is 1.48. The molecule has 1 aromatic rings. The molecule has 0 bridgehead atoms. The summed E-state index contributed by atoms with van der Waals surface area (Å²) >= 11 is 10.7. The fourth-order valence-electron chi connectivity index (χ4n) is 1.00. The number of hydrogen-bond donors (Lipinski definition) is 0. The quantitative estimate of drug-likeness (QED) is 0.474. The van der Waals surface area contributed by atoms with Crippen LogP contribution in [0.3, 0.4) is 0 Å². The van der Waals surface area contributed by atoms with Gasteiger partial charge in [-0.05, 0) is 6.07 Å². The average molecular weight is 288 g/mol. The summed E-state index contributed by atoms with van der Waals surface area (Å²) in [5, 5.41) is 9.14. The molecule has 4 nitrogen and oxygen atoms in total. The molecule has 0 fully saturated rings. The van der Waals surface area contributed by atoms with E-state index in [2.05, 4.69) is 0 Å². The summed E-state index contributed by atoms with van der Waals surface area (Å²) in [5.41, 5.74) is -1.59. The number of halogens is 5. The Labute approximate surface area is 102 Å². The van der Waals surface area contributed by atoms with Crippen LogP contribution < -0.4 is 0 Å². The van der Waals surface area contributed by atoms with E-state index >= 15 is 0 Å². The molecule has 0 aliphatic rings. The second kappa shape index (κ2) is 4.50. The molecule has 0 heterocycles. The number of nitro groups is 1. The highest BCUT2D eigenvalue weighted by Crippen LogP contribution is 2.33. The second-order valence-electron chi connectivity index (χ2n) is 2.87. The van der Waals surface area contributed by atoms with Crippen molar-refractivity contribution < 1.29 is 22.9 Å². The minimum absolute atomic E-state index is 0.526. The van der Waals surface area contributed by atoms with Crippen LogP contribution in [0.2, 0.25) is 10.0 Å². The van der Waals surface area contributed by atoms with Gasteiger partial charge in [0.15, 0.2) is 0 Å². The van der Waals surface area contributed by atoms with Crippen LogP contribution in [0.5, 0.6) is 0 Å². The van der Waals surface area contributed by atoms with Crippen LogP contribution in [0.15, 0.2) is 12.1 Å². The van der Waals surface area contributed by atoms with Crippen molar-refractivity contribution in [1.82, 2.24) is 0 Å². The molecular weight excluding hydrogens is 286 g/mol. The van der Waals surface area contributed by atoms with Crippen molar-refractivity contribution in [2.45, 2.75) is 6.18 Å². The van der Waals surface area contributed by atoms with Gasteiger partial charge in [0, 0.05) is 11.6 Å². The fraction of sp³-hybridized carbons (Fsp3) is 0.125. The first-order valence-electron chi connectivity index (χ1n) is 3.89. The zero-order chi connectivity index (χ0) is 13.4. The lowest BCUT2D eigenvalue weighted by molar-refractivity contribution is -0.384. The molecule has 1 aromatic carbocycles. The molecule has 0 aliphatic carbocycles. The molecule has 0 radical (unpaired) electrons. The van der Waals surface area contributed by atoms with Crippen molar-refractivity contribution in [3.63, 3.8) is 0 Å². The molecule has 0 atom stereocenters. The largest absolute Gasteiger partial charge is 0.454 e. The van der Waals surface area contributed by atoms with Crippen molar-refractivity contribution >= 4 is 34.7 Å². The monoisotopic (exact) mass is 287 g/mol. The van der Waals surface area contributed by atoms with E-state index in [1.807, 2.05) is 0 Å². The maximum Gasteiger partial charge on any atom is 0.454 e. The number of ketones is 1.